The number of halogens is 2. The van der Waals surface area contributed by atoms with E-state index < -0.39 is 5.24 Å². The van der Waals surface area contributed by atoms with Gasteiger partial charge < -0.3 is 0 Å². The Morgan fingerprint density at radius 3 is 2.10 bits per heavy atom. The molecule has 3 aromatic carbocycles. The van der Waals surface area contributed by atoms with Crippen LogP contribution in [0.25, 0.3) is 21.9 Å². The zero-order chi connectivity index (χ0) is 14.1. The van der Waals surface area contributed by atoms with E-state index in [1.54, 1.807) is 6.07 Å². The fourth-order valence-electron chi connectivity index (χ4n) is 2.19. The smallest absolute Gasteiger partial charge is 0.252 e. The van der Waals surface area contributed by atoms with E-state index in [9.17, 15) is 4.79 Å². The molecule has 3 rings (SSSR count). The van der Waals surface area contributed by atoms with Gasteiger partial charge in [-0.25, -0.2) is 0 Å². The van der Waals surface area contributed by atoms with Crippen molar-refractivity contribution in [2.75, 3.05) is 0 Å². The highest BCUT2D eigenvalue weighted by Gasteiger charge is 2.04. The molecule has 1 nitrogen and oxygen atoms in total. The molecule has 0 radical (unpaired) electrons. The van der Waals surface area contributed by atoms with Gasteiger partial charge in [0.25, 0.3) is 5.24 Å². The molecule has 0 spiro atoms. The summed E-state index contributed by atoms with van der Waals surface area (Å²) in [6, 6.07) is 19.9. The molecule has 0 fully saturated rings. The van der Waals surface area contributed by atoms with Gasteiger partial charge in [0.15, 0.2) is 0 Å². The van der Waals surface area contributed by atoms with Gasteiger partial charge in [0.05, 0.1) is 0 Å². The number of benzene rings is 3. The van der Waals surface area contributed by atoms with Crippen molar-refractivity contribution in [3.05, 3.63) is 70.7 Å². The number of rotatable bonds is 2. The highest BCUT2D eigenvalue weighted by atomic mass is 79.9. The maximum absolute atomic E-state index is 11.2. The molecule has 20 heavy (non-hydrogen) atoms. The van der Waals surface area contributed by atoms with Gasteiger partial charge in [-0.1, -0.05) is 46.3 Å². The molecule has 0 aliphatic carbocycles. The normalized spacial score (nSPS) is 10.7. The zero-order valence-electron chi connectivity index (χ0n) is 10.4. The average Bonchev–Trinajstić information content (AvgIpc) is 2.47. The first kappa shape index (κ1) is 13.3. The average molecular weight is 346 g/mol. The van der Waals surface area contributed by atoms with Crippen LogP contribution in [0.5, 0.6) is 0 Å². The van der Waals surface area contributed by atoms with E-state index in [2.05, 4.69) is 34.1 Å². The van der Waals surface area contributed by atoms with Gasteiger partial charge in [0.2, 0.25) is 0 Å². The molecule has 0 saturated carbocycles. The van der Waals surface area contributed by atoms with E-state index in [1.807, 2.05) is 36.4 Å². The molecule has 0 aromatic heterocycles. The summed E-state index contributed by atoms with van der Waals surface area (Å²) in [5.74, 6) is 0. The molecule has 0 atom stereocenters. The van der Waals surface area contributed by atoms with Crippen LogP contribution in [0.2, 0.25) is 0 Å². The Bertz CT molecular complexity index is 794. The van der Waals surface area contributed by atoms with Crippen LogP contribution in [0.3, 0.4) is 0 Å². The number of fused-ring (bicyclic) bond motifs is 1. The van der Waals surface area contributed by atoms with Crippen molar-refractivity contribution in [2.45, 2.75) is 0 Å². The number of carbonyl (C=O) groups is 1. The summed E-state index contributed by atoms with van der Waals surface area (Å²) in [6.45, 7) is 0. The van der Waals surface area contributed by atoms with Crippen LogP contribution >= 0.6 is 27.5 Å². The van der Waals surface area contributed by atoms with Crippen LogP contribution in [-0.4, -0.2) is 5.24 Å². The van der Waals surface area contributed by atoms with Crippen LogP contribution < -0.4 is 0 Å². The fraction of sp³-hybridized carbons (Fsp3) is 0. The number of carbonyl (C=O) groups excluding carboxylic acids is 1. The minimum absolute atomic E-state index is 0.427. The Morgan fingerprint density at radius 2 is 1.40 bits per heavy atom. The molecule has 0 heterocycles. The monoisotopic (exact) mass is 344 g/mol. The molecule has 0 amide bonds. The quantitative estimate of drug-likeness (QED) is 0.549. The summed E-state index contributed by atoms with van der Waals surface area (Å²) in [4.78, 5) is 11.2. The van der Waals surface area contributed by atoms with Crippen LogP contribution in [0, 0.1) is 0 Å². The molecule has 0 aliphatic rings. The second kappa shape index (κ2) is 5.39. The largest absolute Gasteiger partial charge is 0.276 e. The Balaban J connectivity index is 2.09. The first-order valence-corrected chi connectivity index (χ1v) is 7.30. The molecule has 3 heteroatoms. The van der Waals surface area contributed by atoms with Gasteiger partial charge in [-0.3, -0.25) is 4.79 Å². The van der Waals surface area contributed by atoms with Crippen LogP contribution in [0.1, 0.15) is 10.4 Å². The lowest BCUT2D eigenvalue weighted by atomic mass is 10.0. The van der Waals surface area contributed by atoms with E-state index in [1.165, 1.54) is 0 Å². The third-order valence-electron chi connectivity index (χ3n) is 3.24. The molecular weight excluding hydrogens is 336 g/mol. The van der Waals surface area contributed by atoms with Gasteiger partial charge in [0.1, 0.15) is 0 Å². The van der Waals surface area contributed by atoms with Gasteiger partial charge in [0, 0.05) is 10.0 Å². The lowest BCUT2D eigenvalue weighted by Gasteiger charge is -2.05. The highest BCUT2D eigenvalue weighted by Crippen LogP contribution is 2.26. The Labute approximate surface area is 130 Å². The number of hydrogen-bond donors (Lipinski definition) is 0. The molecule has 98 valence electrons. The second-order valence-electron chi connectivity index (χ2n) is 4.56. The maximum Gasteiger partial charge on any atom is 0.252 e. The predicted molar refractivity (Wildman–Crippen MR) is 87.3 cm³/mol. The standard InChI is InChI=1S/C17H10BrClO/c18-16-7-5-11(6-8-16)12-1-2-14-10-15(17(19)20)4-3-13(14)9-12/h1-10H. The van der Waals surface area contributed by atoms with E-state index >= 15 is 0 Å². The highest BCUT2D eigenvalue weighted by molar-refractivity contribution is 9.10. The number of hydrogen-bond acceptors (Lipinski definition) is 1. The molecule has 0 unspecified atom stereocenters. The van der Waals surface area contributed by atoms with Crippen molar-refractivity contribution in [1.82, 2.24) is 0 Å². The first-order chi connectivity index (χ1) is 9.63. The van der Waals surface area contributed by atoms with Gasteiger partial charge in [-0.05, 0) is 63.8 Å². The van der Waals surface area contributed by atoms with Crippen molar-refractivity contribution >= 4 is 43.5 Å². The third-order valence-corrected chi connectivity index (χ3v) is 3.99. The lowest BCUT2D eigenvalue weighted by Crippen LogP contribution is -1.88. The summed E-state index contributed by atoms with van der Waals surface area (Å²) in [6.07, 6.45) is 0. The third kappa shape index (κ3) is 2.62. The summed E-state index contributed by atoms with van der Waals surface area (Å²) in [5, 5.41) is 1.67. The minimum Gasteiger partial charge on any atom is -0.276 e. The summed E-state index contributed by atoms with van der Waals surface area (Å²) in [5.41, 5.74) is 2.83. The molecular formula is C17H10BrClO. The van der Waals surface area contributed by atoms with Crippen LogP contribution in [-0.2, 0) is 0 Å². The molecule has 3 aromatic rings. The molecule has 0 saturated heterocycles. The van der Waals surface area contributed by atoms with Gasteiger partial charge in [-0.2, -0.15) is 0 Å². The zero-order valence-corrected chi connectivity index (χ0v) is 12.8. The van der Waals surface area contributed by atoms with Crippen LogP contribution in [0.15, 0.2) is 65.1 Å². The topological polar surface area (TPSA) is 17.1 Å². The molecule has 0 bridgehead atoms. The maximum atomic E-state index is 11.2. The van der Waals surface area contributed by atoms with Crippen molar-refractivity contribution < 1.29 is 4.79 Å². The van der Waals surface area contributed by atoms with Crippen molar-refractivity contribution in [2.24, 2.45) is 0 Å². The van der Waals surface area contributed by atoms with Gasteiger partial charge in [-0.15, -0.1) is 0 Å². The molecule has 0 N–H and O–H groups in total. The summed E-state index contributed by atoms with van der Waals surface area (Å²) >= 11 is 8.94. The SMILES string of the molecule is O=C(Cl)c1ccc2cc(-c3ccc(Br)cc3)ccc2c1. The first-order valence-electron chi connectivity index (χ1n) is 6.13. The Kier molecular flexibility index (Phi) is 3.60. The van der Waals surface area contributed by atoms with Gasteiger partial charge >= 0.3 is 0 Å². The fourth-order valence-corrected chi connectivity index (χ4v) is 2.57. The van der Waals surface area contributed by atoms with E-state index in [-0.39, 0.29) is 0 Å². The molecule has 0 aliphatic heterocycles. The van der Waals surface area contributed by atoms with E-state index in [0.29, 0.717) is 5.56 Å². The second-order valence-corrected chi connectivity index (χ2v) is 5.82. The van der Waals surface area contributed by atoms with E-state index in [4.69, 9.17) is 11.6 Å². The van der Waals surface area contributed by atoms with E-state index in [0.717, 1.165) is 26.4 Å². The van der Waals surface area contributed by atoms with Crippen LogP contribution in [0.4, 0.5) is 0 Å². The van der Waals surface area contributed by atoms with Crippen molar-refractivity contribution in [1.29, 1.82) is 0 Å². The minimum atomic E-state index is -0.427. The Hall–Kier alpha value is -1.64. The summed E-state index contributed by atoms with van der Waals surface area (Å²) < 4.78 is 1.06. The van der Waals surface area contributed by atoms with Crippen molar-refractivity contribution in [3.63, 3.8) is 0 Å². The summed E-state index contributed by atoms with van der Waals surface area (Å²) in [7, 11) is 0. The lowest BCUT2D eigenvalue weighted by molar-refractivity contribution is 0.108. The predicted octanol–water partition coefficient (Wildman–Crippen LogP) is 5.65. The van der Waals surface area contributed by atoms with Crippen molar-refractivity contribution in [3.8, 4) is 11.1 Å². The Morgan fingerprint density at radius 1 is 0.800 bits per heavy atom.